The molecular formula is C18H14ClFN6O. The highest BCUT2D eigenvalue weighted by Crippen LogP contribution is 2.24. The molecular weight excluding hydrogens is 371 g/mol. The molecule has 1 N–H and O–H groups in total. The Labute approximate surface area is 158 Å². The van der Waals surface area contributed by atoms with Crippen LogP contribution in [0, 0.1) is 5.82 Å². The molecule has 2 aromatic heterocycles. The summed E-state index contributed by atoms with van der Waals surface area (Å²) < 4.78 is 17.0. The first-order valence-corrected chi connectivity index (χ1v) is 8.56. The second-order valence-corrected chi connectivity index (χ2v) is 6.26. The summed E-state index contributed by atoms with van der Waals surface area (Å²) in [6.45, 7) is 0.909. The van der Waals surface area contributed by atoms with Crippen molar-refractivity contribution in [1.82, 2.24) is 30.1 Å². The fraction of sp³-hybridized carbons (Fsp3) is 0.111. The molecule has 0 bridgehead atoms. The number of halogens is 2. The van der Waals surface area contributed by atoms with E-state index in [9.17, 15) is 9.18 Å². The van der Waals surface area contributed by atoms with Crippen LogP contribution in [0.5, 0.6) is 0 Å². The molecule has 27 heavy (non-hydrogen) atoms. The largest absolute Gasteiger partial charge is 0.350 e. The van der Waals surface area contributed by atoms with Crippen LogP contribution in [0.1, 0.15) is 10.4 Å². The Hall–Kier alpha value is -3.26. The SMILES string of the molecule is O=C(NCCn1ccc2c(Cl)cccc21)c1cc(F)ccc1-n1cnnn1. The van der Waals surface area contributed by atoms with Gasteiger partial charge in [-0.05, 0) is 46.8 Å². The van der Waals surface area contributed by atoms with Crippen LogP contribution in [-0.4, -0.2) is 37.2 Å². The van der Waals surface area contributed by atoms with Crippen molar-refractivity contribution >= 4 is 28.4 Å². The molecule has 0 aliphatic carbocycles. The summed E-state index contributed by atoms with van der Waals surface area (Å²) in [4.78, 5) is 12.6. The minimum atomic E-state index is -0.511. The van der Waals surface area contributed by atoms with Gasteiger partial charge in [-0.1, -0.05) is 17.7 Å². The molecule has 0 fully saturated rings. The molecule has 2 heterocycles. The molecule has 0 saturated carbocycles. The fourth-order valence-electron chi connectivity index (χ4n) is 2.93. The topological polar surface area (TPSA) is 77.6 Å². The molecule has 9 heteroatoms. The summed E-state index contributed by atoms with van der Waals surface area (Å²) in [5.74, 6) is -0.919. The van der Waals surface area contributed by atoms with Gasteiger partial charge in [-0.2, -0.15) is 4.68 Å². The van der Waals surface area contributed by atoms with E-state index in [1.165, 1.54) is 23.1 Å². The molecule has 0 spiro atoms. The second-order valence-electron chi connectivity index (χ2n) is 5.85. The van der Waals surface area contributed by atoms with Gasteiger partial charge in [0.25, 0.3) is 5.91 Å². The van der Waals surface area contributed by atoms with Crippen molar-refractivity contribution in [3.8, 4) is 5.69 Å². The van der Waals surface area contributed by atoms with E-state index in [0.717, 1.165) is 17.0 Å². The molecule has 1 amide bonds. The number of hydrogen-bond donors (Lipinski definition) is 1. The van der Waals surface area contributed by atoms with E-state index in [1.807, 2.05) is 35.0 Å². The normalized spacial score (nSPS) is 11.0. The third kappa shape index (κ3) is 3.39. The number of carbonyl (C=O) groups excluding carboxylic acids is 1. The van der Waals surface area contributed by atoms with E-state index in [-0.39, 0.29) is 5.56 Å². The standard InChI is InChI=1S/C18H14ClFN6O/c19-15-2-1-3-16-13(15)6-8-25(16)9-7-21-18(27)14-10-12(20)4-5-17(14)26-11-22-23-24-26/h1-6,8,10-11H,7,9H2,(H,21,27). The van der Waals surface area contributed by atoms with Crippen LogP contribution in [0.3, 0.4) is 0 Å². The maximum absolute atomic E-state index is 13.6. The molecule has 0 saturated heterocycles. The summed E-state index contributed by atoms with van der Waals surface area (Å²) in [6, 6.07) is 11.5. The number of rotatable bonds is 5. The number of aromatic nitrogens is 5. The number of carbonyl (C=O) groups is 1. The van der Waals surface area contributed by atoms with Gasteiger partial charge < -0.3 is 9.88 Å². The minimum Gasteiger partial charge on any atom is -0.350 e. The highest BCUT2D eigenvalue weighted by Gasteiger charge is 2.15. The first-order chi connectivity index (χ1) is 13.1. The first kappa shape index (κ1) is 17.2. The summed E-state index contributed by atoms with van der Waals surface area (Å²) in [7, 11) is 0. The smallest absolute Gasteiger partial charge is 0.253 e. The average molecular weight is 385 g/mol. The lowest BCUT2D eigenvalue weighted by Gasteiger charge is -2.11. The number of amides is 1. The van der Waals surface area contributed by atoms with E-state index in [2.05, 4.69) is 20.8 Å². The van der Waals surface area contributed by atoms with E-state index in [4.69, 9.17) is 11.6 Å². The van der Waals surface area contributed by atoms with Gasteiger partial charge in [0, 0.05) is 35.2 Å². The van der Waals surface area contributed by atoms with Crippen molar-refractivity contribution < 1.29 is 9.18 Å². The zero-order chi connectivity index (χ0) is 18.8. The molecule has 7 nitrogen and oxygen atoms in total. The monoisotopic (exact) mass is 384 g/mol. The Morgan fingerprint density at radius 1 is 1.22 bits per heavy atom. The highest BCUT2D eigenvalue weighted by molar-refractivity contribution is 6.35. The van der Waals surface area contributed by atoms with Gasteiger partial charge in [0.05, 0.1) is 11.3 Å². The van der Waals surface area contributed by atoms with Crippen LogP contribution >= 0.6 is 11.6 Å². The van der Waals surface area contributed by atoms with Crippen LogP contribution in [0.15, 0.2) is 55.0 Å². The van der Waals surface area contributed by atoms with Crippen LogP contribution in [0.2, 0.25) is 5.02 Å². The van der Waals surface area contributed by atoms with Crippen molar-refractivity contribution in [3.63, 3.8) is 0 Å². The van der Waals surface area contributed by atoms with Gasteiger partial charge in [0.15, 0.2) is 0 Å². The summed E-state index contributed by atoms with van der Waals surface area (Å²) >= 11 is 6.18. The molecule has 0 atom stereocenters. The number of tetrazole rings is 1. The number of fused-ring (bicyclic) bond motifs is 1. The van der Waals surface area contributed by atoms with E-state index in [0.29, 0.717) is 23.8 Å². The van der Waals surface area contributed by atoms with Crippen molar-refractivity contribution in [3.05, 3.63) is 71.4 Å². The Kier molecular flexibility index (Phi) is 4.55. The van der Waals surface area contributed by atoms with Crippen LogP contribution in [-0.2, 0) is 6.54 Å². The molecule has 0 aliphatic rings. The highest BCUT2D eigenvalue weighted by atomic mass is 35.5. The van der Waals surface area contributed by atoms with Gasteiger partial charge in [0.1, 0.15) is 12.1 Å². The lowest BCUT2D eigenvalue weighted by atomic mass is 10.1. The van der Waals surface area contributed by atoms with Gasteiger partial charge in [-0.3, -0.25) is 4.79 Å². The Morgan fingerprint density at radius 3 is 2.93 bits per heavy atom. The Balaban J connectivity index is 1.50. The molecule has 4 aromatic rings. The minimum absolute atomic E-state index is 0.155. The van der Waals surface area contributed by atoms with Gasteiger partial charge in [0.2, 0.25) is 0 Å². The van der Waals surface area contributed by atoms with Crippen molar-refractivity contribution in [2.75, 3.05) is 6.54 Å². The van der Waals surface area contributed by atoms with Crippen LogP contribution in [0.4, 0.5) is 4.39 Å². The van der Waals surface area contributed by atoms with E-state index >= 15 is 0 Å². The van der Waals surface area contributed by atoms with Crippen LogP contribution < -0.4 is 5.32 Å². The maximum Gasteiger partial charge on any atom is 0.253 e. The van der Waals surface area contributed by atoms with Crippen molar-refractivity contribution in [2.24, 2.45) is 0 Å². The quantitative estimate of drug-likeness (QED) is 0.574. The predicted octanol–water partition coefficient (Wildman–Crippen LogP) is 2.84. The summed E-state index contributed by atoms with van der Waals surface area (Å²) in [5.41, 5.74) is 1.54. The van der Waals surface area contributed by atoms with Gasteiger partial charge >= 0.3 is 0 Å². The molecule has 4 rings (SSSR count). The third-order valence-corrected chi connectivity index (χ3v) is 4.53. The maximum atomic E-state index is 13.6. The number of nitrogens with one attached hydrogen (secondary N) is 1. The Bertz CT molecular complexity index is 1110. The predicted molar refractivity (Wildman–Crippen MR) is 98.4 cm³/mol. The molecule has 0 unspecified atom stereocenters. The van der Waals surface area contributed by atoms with Crippen molar-refractivity contribution in [1.29, 1.82) is 0 Å². The second kappa shape index (κ2) is 7.16. The Morgan fingerprint density at radius 2 is 2.11 bits per heavy atom. The fourth-order valence-corrected chi connectivity index (χ4v) is 3.16. The number of hydrogen-bond acceptors (Lipinski definition) is 4. The molecule has 0 radical (unpaired) electrons. The number of benzene rings is 2. The number of nitrogens with zero attached hydrogens (tertiary/aromatic N) is 5. The summed E-state index contributed by atoms with van der Waals surface area (Å²) in [5, 5.41) is 15.3. The summed E-state index contributed by atoms with van der Waals surface area (Å²) in [6.07, 6.45) is 3.26. The first-order valence-electron chi connectivity index (χ1n) is 8.18. The molecule has 136 valence electrons. The zero-order valence-electron chi connectivity index (χ0n) is 14.0. The van der Waals surface area contributed by atoms with Crippen molar-refractivity contribution in [2.45, 2.75) is 6.54 Å². The average Bonchev–Trinajstić information content (AvgIpc) is 3.33. The van der Waals surface area contributed by atoms with Gasteiger partial charge in [-0.15, -0.1) is 5.10 Å². The van der Waals surface area contributed by atoms with Gasteiger partial charge in [-0.25, -0.2) is 4.39 Å². The lowest BCUT2D eigenvalue weighted by molar-refractivity contribution is 0.0952. The molecule has 2 aromatic carbocycles. The van der Waals surface area contributed by atoms with E-state index < -0.39 is 11.7 Å². The van der Waals surface area contributed by atoms with E-state index in [1.54, 1.807) is 0 Å². The molecule has 0 aliphatic heterocycles. The zero-order valence-corrected chi connectivity index (χ0v) is 14.8. The van der Waals surface area contributed by atoms with Crippen LogP contribution in [0.25, 0.3) is 16.6 Å². The lowest BCUT2D eigenvalue weighted by Crippen LogP contribution is -2.28. The third-order valence-electron chi connectivity index (χ3n) is 4.20.